The Labute approximate surface area is 88.2 Å². The van der Waals surface area contributed by atoms with E-state index >= 15 is 0 Å². The number of aromatic nitrogens is 1. The molecule has 0 amide bonds. The van der Waals surface area contributed by atoms with Gasteiger partial charge in [-0.15, -0.1) is 0 Å². The third-order valence-electron chi connectivity index (χ3n) is 2.69. The van der Waals surface area contributed by atoms with Gasteiger partial charge in [0.15, 0.2) is 0 Å². The van der Waals surface area contributed by atoms with E-state index in [4.69, 9.17) is 5.73 Å². The minimum absolute atomic E-state index is 0.229. The molecule has 15 heavy (non-hydrogen) atoms. The largest absolute Gasteiger partial charge is 0.387 e. The third kappa shape index (κ3) is 2.52. The van der Waals surface area contributed by atoms with E-state index in [1.54, 1.807) is 12.3 Å². The van der Waals surface area contributed by atoms with Crippen molar-refractivity contribution in [2.24, 2.45) is 10.7 Å². The molecule has 0 aromatic carbocycles. The maximum absolute atomic E-state index is 13.2. The second-order valence-corrected chi connectivity index (χ2v) is 3.82. The lowest BCUT2D eigenvalue weighted by atomic mass is 10.0. The molecular formula is C11H14FN3. The third-order valence-corrected chi connectivity index (χ3v) is 2.69. The van der Waals surface area contributed by atoms with Crippen molar-refractivity contribution < 1.29 is 4.39 Å². The number of hydrogen-bond acceptors (Lipinski definition) is 3. The van der Waals surface area contributed by atoms with E-state index in [9.17, 15) is 4.39 Å². The van der Waals surface area contributed by atoms with Crippen LogP contribution >= 0.6 is 0 Å². The SMILES string of the molecule is NC1=N[C@@H](CCc2ccncc2F)CC1. The van der Waals surface area contributed by atoms with Gasteiger partial charge in [0.1, 0.15) is 5.82 Å². The molecule has 0 saturated carbocycles. The fraction of sp³-hybridized carbons (Fsp3) is 0.455. The summed E-state index contributed by atoms with van der Waals surface area (Å²) in [6.07, 6.45) is 6.31. The maximum Gasteiger partial charge on any atom is 0.144 e. The van der Waals surface area contributed by atoms with Gasteiger partial charge in [0.2, 0.25) is 0 Å². The molecule has 0 unspecified atom stereocenters. The van der Waals surface area contributed by atoms with Crippen molar-refractivity contribution in [1.29, 1.82) is 0 Å². The summed E-state index contributed by atoms with van der Waals surface area (Å²) in [6, 6.07) is 2.00. The van der Waals surface area contributed by atoms with Crippen LogP contribution in [0.25, 0.3) is 0 Å². The van der Waals surface area contributed by atoms with E-state index in [-0.39, 0.29) is 11.9 Å². The first kappa shape index (κ1) is 10.1. The molecule has 1 aliphatic rings. The van der Waals surface area contributed by atoms with Crippen molar-refractivity contribution >= 4 is 5.84 Å². The molecule has 1 atom stereocenters. The van der Waals surface area contributed by atoms with E-state index in [1.165, 1.54) is 6.20 Å². The molecule has 4 heteroatoms. The smallest absolute Gasteiger partial charge is 0.144 e. The molecule has 1 aromatic rings. The van der Waals surface area contributed by atoms with E-state index in [1.807, 2.05) is 0 Å². The van der Waals surface area contributed by atoms with Gasteiger partial charge in [-0.05, 0) is 30.9 Å². The van der Waals surface area contributed by atoms with E-state index in [2.05, 4.69) is 9.98 Å². The lowest BCUT2D eigenvalue weighted by Crippen LogP contribution is -2.06. The molecule has 0 radical (unpaired) electrons. The molecular weight excluding hydrogens is 193 g/mol. The summed E-state index contributed by atoms with van der Waals surface area (Å²) in [6.45, 7) is 0. The van der Waals surface area contributed by atoms with Gasteiger partial charge in [-0.1, -0.05) is 0 Å². The van der Waals surface area contributed by atoms with Crippen molar-refractivity contribution in [3.63, 3.8) is 0 Å². The minimum Gasteiger partial charge on any atom is -0.387 e. The van der Waals surface area contributed by atoms with Gasteiger partial charge in [0, 0.05) is 12.6 Å². The predicted octanol–water partition coefficient (Wildman–Crippen LogP) is 1.67. The van der Waals surface area contributed by atoms with E-state index in [0.717, 1.165) is 25.1 Å². The highest BCUT2D eigenvalue weighted by molar-refractivity contribution is 5.82. The summed E-state index contributed by atoms with van der Waals surface area (Å²) in [7, 11) is 0. The fourth-order valence-electron chi connectivity index (χ4n) is 1.82. The summed E-state index contributed by atoms with van der Waals surface area (Å²) in [4.78, 5) is 8.00. The highest BCUT2D eigenvalue weighted by Crippen LogP contribution is 2.17. The van der Waals surface area contributed by atoms with Crippen molar-refractivity contribution in [3.05, 3.63) is 29.8 Å². The van der Waals surface area contributed by atoms with Crippen molar-refractivity contribution in [3.8, 4) is 0 Å². The number of halogens is 1. The van der Waals surface area contributed by atoms with Gasteiger partial charge in [0.05, 0.1) is 18.1 Å². The van der Waals surface area contributed by atoms with Gasteiger partial charge in [-0.2, -0.15) is 0 Å². The molecule has 80 valence electrons. The summed E-state index contributed by atoms with van der Waals surface area (Å²) < 4.78 is 13.2. The van der Waals surface area contributed by atoms with Gasteiger partial charge in [-0.25, -0.2) is 4.39 Å². The van der Waals surface area contributed by atoms with Crippen LogP contribution in [0.2, 0.25) is 0 Å². The highest BCUT2D eigenvalue weighted by atomic mass is 19.1. The molecule has 2 N–H and O–H groups in total. The zero-order valence-electron chi connectivity index (χ0n) is 8.49. The number of rotatable bonds is 3. The number of aryl methyl sites for hydroxylation is 1. The van der Waals surface area contributed by atoms with Crippen molar-refractivity contribution in [2.45, 2.75) is 31.7 Å². The molecule has 0 spiro atoms. The Bertz CT molecular complexity index is 376. The Morgan fingerprint density at radius 2 is 2.40 bits per heavy atom. The molecule has 0 bridgehead atoms. The molecule has 0 fully saturated rings. The van der Waals surface area contributed by atoms with Crippen LogP contribution in [-0.2, 0) is 6.42 Å². The standard InChI is InChI=1S/C11H14FN3/c12-10-7-14-6-5-8(10)1-2-9-3-4-11(13)15-9/h5-7,9H,1-4H2,(H2,13,15)/t9-/m0/s1. The second-order valence-electron chi connectivity index (χ2n) is 3.82. The Morgan fingerprint density at radius 3 is 3.07 bits per heavy atom. The number of hydrogen-bond donors (Lipinski definition) is 1. The van der Waals surface area contributed by atoms with Crippen LogP contribution in [0.5, 0.6) is 0 Å². The van der Waals surface area contributed by atoms with Crippen LogP contribution in [0.3, 0.4) is 0 Å². The van der Waals surface area contributed by atoms with Crippen LogP contribution < -0.4 is 5.73 Å². The Morgan fingerprint density at radius 1 is 1.53 bits per heavy atom. The summed E-state index contributed by atoms with van der Waals surface area (Å²) in [5, 5.41) is 0. The van der Waals surface area contributed by atoms with Gasteiger partial charge in [-0.3, -0.25) is 9.98 Å². The monoisotopic (exact) mass is 207 g/mol. The fourth-order valence-corrected chi connectivity index (χ4v) is 1.82. The molecule has 2 heterocycles. The van der Waals surface area contributed by atoms with Crippen LogP contribution in [-0.4, -0.2) is 16.9 Å². The summed E-state index contributed by atoms with van der Waals surface area (Å²) in [5.74, 6) is 0.502. The number of aliphatic imine (C=N–C) groups is 1. The first-order chi connectivity index (χ1) is 7.25. The zero-order chi connectivity index (χ0) is 10.7. The molecule has 3 nitrogen and oxygen atoms in total. The predicted molar refractivity (Wildman–Crippen MR) is 57.2 cm³/mol. The molecule has 1 aromatic heterocycles. The summed E-state index contributed by atoms with van der Waals surface area (Å²) in [5.41, 5.74) is 6.30. The first-order valence-electron chi connectivity index (χ1n) is 5.16. The molecule has 0 aliphatic carbocycles. The Balaban J connectivity index is 1.91. The van der Waals surface area contributed by atoms with Crippen LogP contribution in [0.4, 0.5) is 4.39 Å². The highest BCUT2D eigenvalue weighted by Gasteiger charge is 2.15. The average Bonchev–Trinajstić information content (AvgIpc) is 2.63. The summed E-state index contributed by atoms with van der Waals surface area (Å²) >= 11 is 0. The van der Waals surface area contributed by atoms with Crippen LogP contribution in [0, 0.1) is 5.82 Å². The van der Waals surface area contributed by atoms with Gasteiger partial charge >= 0.3 is 0 Å². The second kappa shape index (κ2) is 4.38. The molecule has 0 saturated heterocycles. The quantitative estimate of drug-likeness (QED) is 0.819. The molecule has 2 rings (SSSR count). The zero-order valence-corrected chi connectivity index (χ0v) is 8.49. The minimum atomic E-state index is -0.229. The van der Waals surface area contributed by atoms with Crippen LogP contribution in [0.15, 0.2) is 23.5 Å². The van der Waals surface area contributed by atoms with Crippen molar-refractivity contribution in [1.82, 2.24) is 4.98 Å². The van der Waals surface area contributed by atoms with Crippen LogP contribution in [0.1, 0.15) is 24.8 Å². The lowest BCUT2D eigenvalue weighted by molar-refractivity contribution is 0.571. The maximum atomic E-state index is 13.2. The van der Waals surface area contributed by atoms with E-state index in [0.29, 0.717) is 12.0 Å². The average molecular weight is 207 g/mol. The molecule has 1 aliphatic heterocycles. The number of amidine groups is 1. The lowest BCUT2D eigenvalue weighted by Gasteiger charge is -2.06. The van der Waals surface area contributed by atoms with Crippen molar-refractivity contribution in [2.75, 3.05) is 0 Å². The van der Waals surface area contributed by atoms with Gasteiger partial charge in [0.25, 0.3) is 0 Å². The number of nitrogens with zero attached hydrogens (tertiary/aromatic N) is 2. The normalized spacial score (nSPS) is 20.3. The Kier molecular flexibility index (Phi) is 2.94. The van der Waals surface area contributed by atoms with Gasteiger partial charge < -0.3 is 5.73 Å². The number of pyridine rings is 1. The topological polar surface area (TPSA) is 51.3 Å². The number of nitrogens with two attached hydrogens (primary N) is 1. The Hall–Kier alpha value is -1.45. The van der Waals surface area contributed by atoms with E-state index < -0.39 is 0 Å². The first-order valence-corrected chi connectivity index (χ1v) is 5.16.